The first-order chi connectivity index (χ1) is 12.8. The number of aliphatic imine (C=N–C) groups is 1. The lowest BCUT2D eigenvalue weighted by molar-refractivity contribution is 0.0527. The van der Waals surface area contributed by atoms with Crippen LogP contribution in [0.2, 0.25) is 0 Å². The summed E-state index contributed by atoms with van der Waals surface area (Å²) in [5.74, 6) is 2.05. The molecule has 3 N–H and O–H groups in total. The number of nitrogens with one attached hydrogen (secondary N) is 3. The van der Waals surface area contributed by atoms with Crippen molar-refractivity contribution in [3.63, 3.8) is 0 Å². The van der Waals surface area contributed by atoms with Gasteiger partial charge in [0.25, 0.3) is 0 Å². The van der Waals surface area contributed by atoms with Gasteiger partial charge in [-0.3, -0.25) is 4.99 Å². The molecule has 8 heteroatoms. The van der Waals surface area contributed by atoms with Crippen molar-refractivity contribution in [1.82, 2.24) is 16.0 Å². The van der Waals surface area contributed by atoms with Crippen LogP contribution in [0.15, 0.2) is 23.2 Å². The molecule has 0 aliphatic rings. The highest BCUT2D eigenvalue weighted by Crippen LogP contribution is 2.30. The van der Waals surface area contributed by atoms with Crippen LogP contribution in [0.5, 0.6) is 11.5 Å². The zero-order valence-electron chi connectivity index (χ0n) is 17.1. The molecule has 8 nitrogen and oxygen atoms in total. The van der Waals surface area contributed by atoms with E-state index in [-0.39, 0.29) is 0 Å². The summed E-state index contributed by atoms with van der Waals surface area (Å²) in [7, 11) is 4.93. The molecule has 0 bridgehead atoms. The third kappa shape index (κ3) is 8.52. The minimum absolute atomic E-state index is 0.407. The number of amides is 1. The number of carbonyl (C=O) groups excluding carboxylic acids is 1. The maximum atomic E-state index is 11.6. The Hall–Kier alpha value is -2.64. The lowest BCUT2D eigenvalue weighted by Gasteiger charge is -2.19. The number of alkyl carbamates (subject to hydrolysis) is 1. The maximum Gasteiger partial charge on any atom is 0.407 e. The largest absolute Gasteiger partial charge is 0.493 e. The van der Waals surface area contributed by atoms with Gasteiger partial charge in [0.1, 0.15) is 5.60 Å². The predicted octanol–water partition coefficient (Wildman–Crippen LogP) is 2.28. The van der Waals surface area contributed by atoms with Gasteiger partial charge in [0.2, 0.25) is 0 Å². The number of carbonyl (C=O) groups is 1. The average molecular weight is 380 g/mol. The Kier molecular flexibility index (Phi) is 9.25. The summed E-state index contributed by atoms with van der Waals surface area (Å²) >= 11 is 0. The van der Waals surface area contributed by atoms with Crippen molar-refractivity contribution >= 4 is 12.1 Å². The fourth-order valence-corrected chi connectivity index (χ4v) is 2.29. The molecule has 1 rings (SSSR count). The average Bonchev–Trinajstić information content (AvgIpc) is 2.61. The van der Waals surface area contributed by atoms with Crippen LogP contribution >= 0.6 is 0 Å². The molecule has 152 valence electrons. The summed E-state index contributed by atoms with van der Waals surface area (Å²) in [6.45, 7) is 7.22. The Bertz CT molecular complexity index is 627. The maximum absolute atomic E-state index is 11.6. The van der Waals surface area contributed by atoms with Crippen molar-refractivity contribution in [3.8, 4) is 11.5 Å². The summed E-state index contributed by atoms with van der Waals surface area (Å²) in [6, 6.07) is 5.73. The van der Waals surface area contributed by atoms with Crippen molar-refractivity contribution in [1.29, 1.82) is 0 Å². The van der Waals surface area contributed by atoms with Crippen LogP contribution in [-0.4, -0.2) is 52.0 Å². The smallest absolute Gasteiger partial charge is 0.407 e. The Balaban J connectivity index is 2.37. The van der Waals surface area contributed by atoms with Crippen LogP contribution in [0.25, 0.3) is 0 Å². The van der Waals surface area contributed by atoms with E-state index < -0.39 is 11.7 Å². The van der Waals surface area contributed by atoms with Crippen LogP contribution in [-0.2, 0) is 11.3 Å². The molecule has 27 heavy (non-hydrogen) atoms. The quantitative estimate of drug-likeness (QED) is 0.364. The van der Waals surface area contributed by atoms with Gasteiger partial charge in [0.15, 0.2) is 17.5 Å². The number of nitrogens with zero attached hydrogens (tertiary/aromatic N) is 1. The number of hydrogen-bond acceptors (Lipinski definition) is 5. The summed E-state index contributed by atoms with van der Waals surface area (Å²) < 4.78 is 15.9. The van der Waals surface area contributed by atoms with Gasteiger partial charge < -0.3 is 30.2 Å². The summed E-state index contributed by atoms with van der Waals surface area (Å²) in [6.07, 6.45) is 0.331. The zero-order valence-corrected chi connectivity index (χ0v) is 17.1. The molecule has 1 amide bonds. The Morgan fingerprint density at radius 2 is 1.78 bits per heavy atom. The van der Waals surface area contributed by atoms with E-state index in [2.05, 4.69) is 20.9 Å². The third-order valence-corrected chi connectivity index (χ3v) is 3.47. The van der Waals surface area contributed by atoms with E-state index >= 15 is 0 Å². The van der Waals surface area contributed by atoms with E-state index in [1.807, 2.05) is 39.0 Å². The lowest BCUT2D eigenvalue weighted by Crippen LogP contribution is -2.39. The zero-order chi connectivity index (χ0) is 20.3. The summed E-state index contributed by atoms with van der Waals surface area (Å²) in [5, 5.41) is 9.16. The van der Waals surface area contributed by atoms with E-state index in [4.69, 9.17) is 14.2 Å². The third-order valence-electron chi connectivity index (χ3n) is 3.47. The van der Waals surface area contributed by atoms with E-state index in [0.717, 1.165) is 12.0 Å². The number of guanidine groups is 1. The molecule has 0 saturated heterocycles. The van der Waals surface area contributed by atoms with Crippen molar-refractivity contribution in [2.24, 2.45) is 4.99 Å². The number of ether oxygens (including phenoxy) is 3. The molecule has 0 unspecified atom stereocenters. The van der Waals surface area contributed by atoms with Crippen molar-refractivity contribution in [3.05, 3.63) is 23.8 Å². The van der Waals surface area contributed by atoms with Gasteiger partial charge in [-0.15, -0.1) is 0 Å². The second-order valence-corrected chi connectivity index (χ2v) is 6.79. The van der Waals surface area contributed by atoms with Gasteiger partial charge in [-0.25, -0.2) is 4.79 Å². The molecule has 0 aromatic heterocycles. The topological polar surface area (TPSA) is 93.2 Å². The summed E-state index contributed by atoms with van der Waals surface area (Å²) in [4.78, 5) is 15.8. The fourth-order valence-electron chi connectivity index (χ4n) is 2.29. The van der Waals surface area contributed by atoms with Gasteiger partial charge in [-0.1, -0.05) is 12.1 Å². The van der Waals surface area contributed by atoms with Crippen molar-refractivity contribution < 1.29 is 19.0 Å². The van der Waals surface area contributed by atoms with Crippen LogP contribution in [0.4, 0.5) is 4.79 Å². The normalized spacial score (nSPS) is 11.6. The lowest BCUT2D eigenvalue weighted by atomic mass is 10.2. The highest BCUT2D eigenvalue weighted by atomic mass is 16.6. The number of benzene rings is 1. The van der Waals surface area contributed by atoms with Crippen LogP contribution in [0, 0.1) is 0 Å². The molecule has 0 saturated carbocycles. The number of rotatable bonds is 8. The molecule has 0 aliphatic carbocycles. The second-order valence-electron chi connectivity index (χ2n) is 6.79. The van der Waals surface area contributed by atoms with Crippen molar-refractivity contribution in [2.45, 2.75) is 39.3 Å². The first-order valence-electron chi connectivity index (χ1n) is 8.92. The molecule has 0 spiro atoms. The predicted molar refractivity (Wildman–Crippen MR) is 107 cm³/mol. The molecule has 0 radical (unpaired) electrons. The molecule has 0 fully saturated rings. The SMILES string of the molecule is CN=C(NCCCNC(=O)OC(C)(C)C)NCc1cccc(OC)c1OC. The van der Waals surface area contributed by atoms with E-state index in [9.17, 15) is 4.79 Å². The van der Waals surface area contributed by atoms with Gasteiger partial charge in [0, 0.05) is 32.2 Å². The first kappa shape index (κ1) is 22.4. The van der Waals surface area contributed by atoms with E-state index in [0.29, 0.717) is 37.1 Å². The number of para-hydroxylation sites is 1. The highest BCUT2D eigenvalue weighted by molar-refractivity contribution is 5.79. The Morgan fingerprint density at radius 3 is 2.37 bits per heavy atom. The second kappa shape index (κ2) is 11.2. The minimum atomic E-state index is -0.491. The van der Waals surface area contributed by atoms with Crippen LogP contribution in [0.1, 0.15) is 32.8 Å². The van der Waals surface area contributed by atoms with E-state index in [1.165, 1.54) is 0 Å². The van der Waals surface area contributed by atoms with Gasteiger partial charge in [-0.05, 0) is 33.3 Å². The summed E-state index contributed by atoms with van der Waals surface area (Å²) in [5.41, 5.74) is 0.474. The molecular weight excluding hydrogens is 348 g/mol. The Morgan fingerprint density at radius 1 is 1.07 bits per heavy atom. The number of hydrogen-bond donors (Lipinski definition) is 3. The van der Waals surface area contributed by atoms with Gasteiger partial charge >= 0.3 is 6.09 Å². The molecule has 1 aromatic carbocycles. The molecule has 0 aliphatic heterocycles. The van der Waals surface area contributed by atoms with Gasteiger partial charge in [0.05, 0.1) is 14.2 Å². The minimum Gasteiger partial charge on any atom is -0.493 e. The van der Waals surface area contributed by atoms with E-state index in [1.54, 1.807) is 21.3 Å². The fraction of sp³-hybridized carbons (Fsp3) is 0.579. The van der Waals surface area contributed by atoms with Crippen molar-refractivity contribution in [2.75, 3.05) is 34.4 Å². The standard InChI is InChI=1S/C19H32N4O4/c1-19(2,3)27-18(24)22-12-8-11-21-17(20-4)23-13-14-9-7-10-15(25-5)16(14)26-6/h7,9-10H,8,11-13H2,1-6H3,(H,22,24)(H2,20,21,23). The van der Waals surface area contributed by atoms with Crippen LogP contribution in [0.3, 0.4) is 0 Å². The molecular formula is C19H32N4O4. The van der Waals surface area contributed by atoms with Crippen LogP contribution < -0.4 is 25.4 Å². The molecule has 0 atom stereocenters. The highest BCUT2D eigenvalue weighted by Gasteiger charge is 2.15. The first-order valence-corrected chi connectivity index (χ1v) is 8.92. The van der Waals surface area contributed by atoms with Gasteiger partial charge in [-0.2, -0.15) is 0 Å². The molecule has 0 heterocycles. The Labute approximate surface area is 161 Å². The monoisotopic (exact) mass is 380 g/mol. The molecule has 1 aromatic rings. The number of methoxy groups -OCH3 is 2.